The topological polar surface area (TPSA) is 72.1 Å². The van der Waals surface area contributed by atoms with E-state index in [4.69, 9.17) is 5.73 Å². The van der Waals surface area contributed by atoms with Crippen molar-refractivity contribution in [1.82, 2.24) is 0 Å². The van der Waals surface area contributed by atoms with E-state index < -0.39 is 0 Å². The van der Waals surface area contributed by atoms with Gasteiger partial charge in [-0.05, 0) is 0 Å². The van der Waals surface area contributed by atoms with Gasteiger partial charge in [0.1, 0.15) is 0 Å². The SMILES string of the molecule is CCC[O-].CCC[O-].[CH3][Sn+2][c]1ccccc1C(C)N. The van der Waals surface area contributed by atoms with E-state index in [1.807, 2.05) is 20.8 Å². The van der Waals surface area contributed by atoms with Crippen LogP contribution in [0.4, 0.5) is 0 Å². The Labute approximate surface area is 128 Å². The van der Waals surface area contributed by atoms with E-state index in [0.29, 0.717) is 0 Å². The summed E-state index contributed by atoms with van der Waals surface area (Å²) >= 11 is -0.313. The molecule has 19 heavy (non-hydrogen) atoms. The van der Waals surface area contributed by atoms with Crippen molar-refractivity contribution in [3.63, 3.8) is 0 Å². The van der Waals surface area contributed by atoms with E-state index in [-0.39, 0.29) is 40.4 Å². The summed E-state index contributed by atoms with van der Waals surface area (Å²) in [6.07, 6.45) is 1.53. The van der Waals surface area contributed by atoms with Gasteiger partial charge in [-0.25, -0.2) is 0 Å². The molecule has 4 heteroatoms. The summed E-state index contributed by atoms with van der Waals surface area (Å²) in [5.74, 6) is 0. The van der Waals surface area contributed by atoms with Crippen molar-refractivity contribution in [3.8, 4) is 0 Å². The molecule has 1 rings (SSSR count). The summed E-state index contributed by atoms with van der Waals surface area (Å²) < 4.78 is 1.53. The molecule has 0 spiro atoms. The first kappa shape index (κ1) is 21.2. The number of hydrogen-bond donors (Lipinski definition) is 1. The molecule has 0 saturated heterocycles. The van der Waals surface area contributed by atoms with Gasteiger partial charge in [0, 0.05) is 0 Å². The Hall–Kier alpha value is -0.101. The fraction of sp³-hybridized carbons (Fsp3) is 0.600. The van der Waals surface area contributed by atoms with Gasteiger partial charge in [-0.1, -0.05) is 26.7 Å². The van der Waals surface area contributed by atoms with Crippen molar-refractivity contribution in [2.24, 2.45) is 5.73 Å². The Morgan fingerprint density at radius 1 is 1.11 bits per heavy atom. The van der Waals surface area contributed by atoms with E-state index in [2.05, 4.69) is 29.2 Å². The summed E-state index contributed by atoms with van der Waals surface area (Å²) in [6.45, 7) is 5.92. The zero-order valence-corrected chi connectivity index (χ0v) is 15.5. The molecule has 3 nitrogen and oxygen atoms in total. The normalized spacial score (nSPS) is 10.3. The molecule has 0 aliphatic rings. The maximum atomic E-state index is 9.30. The third-order valence-electron chi connectivity index (χ3n) is 2.13. The molecule has 1 aromatic rings. The summed E-state index contributed by atoms with van der Waals surface area (Å²) in [6, 6.07) is 8.73. The van der Waals surface area contributed by atoms with Crippen molar-refractivity contribution in [3.05, 3.63) is 29.8 Å². The van der Waals surface area contributed by atoms with Crippen molar-refractivity contribution < 1.29 is 10.2 Å². The molecule has 1 unspecified atom stereocenters. The first-order chi connectivity index (χ1) is 9.08. The molecule has 0 fully saturated rings. The van der Waals surface area contributed by atoms with Crippen LogP contribution in [0.3, 0.4) is 0 Å². The van der Waals surface area contributed by atoms with Crippen molar-refractivity contribution in [2.45, 2.75) is 44.6 Å². The van der Waals surface area contributed by atoms with E-state index in [1.165, 1.54) is 9.14 Å². The Balaban J connectivity index is 0. The molecule has 0 aliphatic heterocycles. The van der Waals surface area contributed by atoms with Gasteiger partial charge >= 0.3 is 78.2 Å². The van der Waals surface area contributed by atoms with Crippen LogP contribution in [0, 0.1) is 0 Å². The first-order valence-corrected chi connectivity index (χ1v) is 11.0. The Morgan fingerprint density at radius 2 is 1.53 bits per heavy atom. The number of rotatable bonds is 4. The second-order valence-corrected chi connectivity index (χ2v) is 7.00. The zero-order valence-electron chi connectivity index (χ0n) is 12.6. The summed E-state index contributed by atoms with van der Waals surface area (Å²) in [5, 5.41) is 18.6. The second-order valence-electron chi connectivity index (χ2n) is 4.03. The third-order valence-corrected chi connectivity index (χ3v) is 4.97. The van der Waals surface area contributed by atoms with Crippen LogP contribution in [-0.2, 0) is 0 Å². The van der Waals surface area contributed by atoms with Gasteiger partial charge in [0.15, 0.2) is 0 Å². The van der Waals surface area contributed by atoms with Crippen LogP contribution in [-0.4, -0.2) is 34.4 Å². The van der Waals surface area contributed by atoms with Crippen LogP contribution < -0.4 is 19.5 Å². The van der Waals surface area contributed by atoms with Gasteiger partial charge in [-0.15, -0.1) is 13.2 Å². The van der Waals surface area contributed by atoms with Gasteiger partial charge in [-0.2, -0.15) is 0 Å². The van der Waals surface area contributed by atoms with Crippen LogP contribution in [0.2, 0.25) is 4.94 Å². The van der Waals surface area contributed by atoms with Crippen LogP contribution in [0.15, 0.2) is 24.3 Å². The van der Waals surface area contributed by atoms with Crippen LogP contribution >= 0.6 is 0 Å². The van der Waals surface area contributed by atoms with Crippen LogP contribution in [0.25, 0.3) is 0 Å². The minimum atomic E-state index is -0.313. The van der Waals surface area contributed by atoms with Gasteiger partial charge < -0.3 is 10.2 Å². The average Bonchev–Trinajstić information content (AvgIpc) is 2.47. The monoisotopic (exact) mass is 373 g/mol. The molecule has 2 N–H and O–H groups in total. The molecule has 0 bridgehead atoms. The van der Waals surface area contributed by atoms with Gasteiger partial charge in [0.05, 0.1) is 0 Å². The number of benzene rings is 1. The fourth-order valence-electron chi connectivity index (χ4n) is 1.12. The Morgan fingerprint density at radius 3 is 1.79 bits per heavy atom. The summed E-state index contributed by atoms with van der Waals surface area (Å²) in [5.41, 5.74) is 7.17. The van der Waals surface area contributed by atoms with E-state index in [1.54, 1.807) is 0 Å². The van der Waals surface area contributed by atoms with Crippen molar-refractivity contribution >= 4 is 24.7 Å². The molecule has 0 amide bonds. The molecule has 108 valence electrons. The second kappa shape index (κ2) is 16.0. The minimum absolute atomic E-state index is 0.0694. The molecule has 1 atom stereocenters. The molecule has 0 radical (unpaired) electrons. The van der Waals surface area contributed by atoms with Gasteiger partial charge in [-0.3, -0.25) is 0 Å². The standard InChI is InChI=1S/C8H10N.2C3H7O.CH3.Sn/c1-7(9)8-5-3-2-4-6-8;2*1-2-3-4;;/h2-5,7H,9H2,1H3;2*2-3H2,1H3;1H3;/q;2*-1;;+2. The van der Waals surface area contributed by atoms with Crippen LogP contribution in [0.5, 0.6) is 0 Å². The molecular weight excluding hydrogens is 345 g/mol. The predicted octanol–water partition coefficient (Wildman–Crippen LogP) is 0.597. The molecule has 0 aromatic heterocycles. The average molecular weight is 372 g/mol. The predicted molar refractivity (Wildman–Crippen MR) is 80.6 cm³/mol. The Kier molecular flexibility index (Phi) is 17.8. The summed E-state index contributed by atoms with van der Waals surface area (Å²) in [4.78, 5) is 2.32. The van der Waals surface area contributed by atoms with E-state index in [0.717, 1.165) is 12.8 Å². The van der Waals surface area contributed by atoms with Crippen molar-refractivity contribution in [2.75, 3.05) is 13.2 Å². The number of nitrogens with two attached hydrogens (primary N) is 1. The quantitative estimate of drug-likeness (QED) is 0.787. The molecule has 0 saturated carbocycles. The van der Waals surface area contributed by atoms with E-state index in [9.17, 15) is 10.2 Å². The summed E-state index contributed by atoms with van der Waals surface area (Å²) in [7, 11) is 0. The van der Waals surface area contributed by atoms with Gasteiger partial charge in [0.25, 0.3) is 0 Å². The molecular formula is C15H27NO2Sn. The van der Waals surface area contributed by atoms with Gasteiger partial charge in [0.2, 0.25) is 0 Å². The van der Waals surface area contributed by atoms with Crippen molar-refractivity contribution in [1.29, 1.82) is 0 Å². The molecule has 0 aliphatic carbocycles. The Bertz CT molecular complexity index is 285. The molecule has 1 aromatic carbocycles. The van der Waals surface area contributed by atoms with Crippen LogP contribution in [0.1, 0.15) is 45.2 Å². The first-order valence-electron chi connectivity index (χ1n) is 6.77. The zero-order chi connectivity index (χ0) is 15.1. The maximum absolute atomic E-state index is 9.30. The van der Waals surface area contributed by atoms with E-state index >= 15 is 0 Å². The number of hydrogen-bond acceptors (Lipinski definition) is 3. The molecule has 0 heterocycles. The fourth-order valence-corrected chi connectivity index (χ4v) is 3.58. The third kappa shape index (κ3) is 12.7.